The standard InChI is InChI=1S/C28H18O/c1-2-7-25-22(6-1)24-16-20(12-15-26(24)29-25)21-13-10-19-9-8-17-4-3-5-18-11-14-23(21)28(19)27(17)18/h1-16,24,26H. The Morgan fingerprint density at radius 2 is 1.41 bits per heavy atom. The summed E-state index contributed by atoms with van der Waals surface area (Å²) in [6, 6.07) is 28.6. The number of para-hydroxylation sites is 1. The average molecular weight is 370 g/mol. The maximum Gasteiger partial charge on any atom is 0.128 e. The van der Waals surface area contributed by atoms with Crippen molar-refractivity contribution in [3.05, 3.63) is 108 Å². The van der Waals surface area contributed by atoms with Crippen molar-refractivity contribution >= 4 is 37.9 Å². The third-order valence-corrected chi connectivity index (χ3v) is 6.56. The number of ether oxygens (including phenoxy) is 1. The van der Waals surface area contributed by atoms with Gasteiger partial charge in [-0.05, 0) is 55.6 Å². The smallest absolute Gasteiger partial charge is 0.128 e. The first-order valence-electron chi connectivity index (χ1n) is 10.2. The lowest BCUT2D eigenvalue weighted by Crippen LogP contribution is -2.17. The summed E-state index contributed by atoms with van der Waals surface area (Å²) in [4.78, 5) is 0. The molecule has 2 atom stereocenters. The van der Waals surface area contributed by atoms with E-state index in [0.717, 1.165) is 5.75 Å². The van der Waals surface area contributed by atoms with Gasteiger partial charge < -0.3 is 4.74 Å². The van der Waals surface area contributed by atoms with E-state index in [1.807, 2.05) is 6.07 Å². The van der Waals surface area contributed by atoms with E-state index in [1.165, 1.54) is 49.0 Å². The van der Waals surface area contributed by atoms with E-state index in [1.54, 1.807) is 0 Å². The summed E-state index contributed by atoms with van der Waals surface area (Å²) in [6.07, 6.45) is 6.95. The summed E-state index contributed by atoms with van der Waals surface area (Å²) in [5, 5.41) is 8.00. The van der Waals surface area contributed by atoms with E-state index in [-0.39, 0.29) is 12.0 Å². The predicted molar refractivity (Wildman–Crippen MR) is 121 cm³/mol. The van der Waals surface area contributed by atoms with Gasteiger partial charge in [-0.1, -0.05) is 84.9 Å². The van der Waals surface area contributed by atoms with E-state index in [9.17, 15) is 0 Å². The van der Waals surface area contributed by atoms with Crippen LogP contribution in [-0.4, -0.2) is 6.10 Å². The molecule has 0 aromatic heterocycles. The first kappa shape index (κ1) is 15.4. The maximum absolute atomic E-state index is 6.14. The van der Waals surface area contributed by atoms with E-state index in [4.69, 9.17) is 4.74 Å². The summed E-state index contributed by atoms with van der Waals surface area (Å²) in [6.45, 7) is 0. The van der Waals surface area contributed by atoms with Gasteiger partial charge in [0.2, 0.25) is 0 Å². The molecule has 0 bridgehead atoms. The predicted octanol–water partition coefficient (Wildman–Crippen LogP) is 7.08. The van der Waals surface area contributed by atoms with Crippen LogP contribution >= 0.6 is 0 Å². The van der Waals surface area contributed by atoms with Crippen LogP contribution in [0.2, 0.25) is 0 Å². The van der Waals surface area contributed by atoms with Gasteiger partial charge in [0.15, 0.2) is 0 Å². The Kier molecular flexibility index (Phi) is 2.90. The molecule has 1 heteroatoms. The highest BCUT2D eigenvalue weighted by Gasteiger charge is 2.33. The SMILES string of the molecule is C1=CC2Oc3ccccc3C2C=C1c1ccc2ccc3cccc4ccc1c2c34. The van der Waals surface area contributed by atoms with Crippen LogP contribution in [0.5, 0.6) is 5.75 Å². The Bertz CT molecular complexity index is 1470. The lowest BCUT2D eigenvalue weighted by atomic mass is 9.84. The molecule has 2 aliphatic rings. The van der Waals surface area contributed by atoms with E-state index >= 15 is 0 Å². The number of hydrogen-bond donors (Lipinski definition) is 0. The molecule has 29 heavy (non-hydrogen) atoms. The van der Waals surface area contributed by atoms with Crippen molar-refractivity contribution in [2.75, 3.05) is 0 Å². The maximum atomic E-state index is 6.14. The minimum Gasteiger partial charge on any atom is -0.485 e. The molecular weight excluding hydrogens is 352 g/mol. The van der Waals surface area contributed by atoms with Gasteiger partial charge in [-0.15, -0.1) is 0 Å². The normalized spacial score (nSPS) is 20.1. The van der Waals surface area contributed by atoms with Crippen molar-refractivity contribution in [3.8, 4) is 5.75 Å². The Morgan fingerprint density at radius 3 is 2.31 bits per heavy atom. The topological polar surface area (TPSA) is 9.23 Å². The molecule has 0 N–H and O–H groups in total. The summed E-state index contributed by atoms with van der Waals surface area (Å²) >= 11 is 0. The van der Waals surface area contributed by atoms with Gasteiger partial charge in [-0.2, -0.15) is 0 Å². The van der Waals surface area contributed by atoms with Crippen LogP contribution in [0, 0.1) is 0 Å². The molecule has 0 fully saturated rings. The van der Waals surface area contributed by atoms with E-state index in [0.29, 0.717) is 0 Å². The van der Waals surface area contributed by atoms with Gasteiger partial charge >= 0.3 is 0 Å². The largest absolute Gasteiger partial charge is 0.485 e. The van der Waals surface area contributed by atoms with Gasteiger partial charge in [0.05, 0.1) is 0 Å². The second-order valence-electron chi connectivity index (χ2n) is 8.10. The number of allylic oxidation sites excluding steroid dienone is 2. The number of rotatable bonds is 1. The number of hydrogen-bond acceptors (Lipinski definition) is 1. The van der Waals surface area contributed by atoms with Crippen molar-refractivity contribution in [2.45, 2.75) is 12.0 Å². The van der Waals surface area contributed by atoms with Gasteiger partial charge in [-0.3, -0.25) is 0 Å². The zero-order valence-electron chi connectivity index (χ0n) is 15.8. The molecule has 5 aromatic carbocycles. The molecule has 7 rings (SSSR count). The molecule has 0 saturated heterocycles. The monoisotopic (exact) mass is 370 g/mol. The molecular formula is C28H18O. The van der Waals surface area contributed by atoms with Crippen molar-refractivity contribution in [3.63, 3.8) is 0 Å². The van der Waals surface area contributed by atoms with Gasteiger partial charge in [0.1, 0.15) is 11.9 Å². The minimum atomic E-state index is 0.107. The average Bonchev–Trinajstić information content (AvgIpc) is 3.15. The lowest BCUT2D eigenvalue weighted by Gasteiger charge is -2.20. The molecule has 1 aliphatic carbocycles. The first-order chi connectivity index (χ1) is 14.4. The number of benzene rings is 5. The molecule has 5 aromatic rings. The fraction of sp³-hybridized carbons (Fsp3) is 0.0714. The van der Waals surface area contributed by atoms with Gasteiger partial charge in [0.25, 0.3) is 0 Å². The van der Waals surface area contributed by atoms with E-state index < -0.39 is 0 Å². The summed E-state index contributed by atoms with van der Waals surface area (Å²) in [5.41, 5.74) is 3.87. The Labute approximate surface area is 168 Å². The van der Waals surface area contributed by atoms with Crippen LogP contribution in [0.1, 0.15) is 17.0 Å². The third-order valence-electron chi connectivity index (χ3n) is 6.56. The first-order valence-corrected chi connectivity index (χ1v) is 10.2. The van der Waals surface area contributed by atoms with Crippen molar-refractivity contribution < 1.29 is 4.74 Å². The molecule has 136 valence electrons. The van der Waals surface area contributed by atoms with Crippen LogP contribution in [0.3, 0.4) is 0 Å². The van der Waals surface area contributed by atoms with Crippen LogP contribution in [0.4, 0.5) is 0 Å². The molecule has 0 radical (unpaired) electrons. The van der Waals surface area contributed by atoms with E-state index in [2.05, 4.69) is 91.0 Å². The second-order valence-corrected chi connectivity index (χ2v) is 8.10. The molecule has 1 heterocycles. The van der Waals surface area contributed by atoms with Crippen molar-refractivity contribution in [2.24, 2.45) is 0 Å². The van der Waals surface area contributed by atoms with Crippen LogP contribution < -0.4 is 4.74 Å². The Hall–Kier alpha value is -3.58. The zero-order chi connectivity index (χ0) is 18.9. The molecule has 0 amide bonds. The lowest BCUT2D eigenvalue weighted by molar-refractivity contribution is 0.269. The summed E-state index contributed by atoms with van der Waals surface area (Å²) in [7, 11) is 0. The number of fused-ring (bicyclic) bond motifs is 3. The zero-order valence-corrected chi connectivity index (χ0v) is 15.8. The van der Waals surface area contributed by atoms with Crippen LogP contribution in [0.15, 0.2) is 97.1 Å². The van der Waals surface area contributed by atoms with Crippen molar-refractivity contribution in [1.82, 2.24) is 0 Å². The molecule has 2 unspecified atom stereocenters. The summed E-state index contributed by atoms with van der Waals surface area (Å²) in [5.74, 6) is 1.30. The van der Waals surface area contributed by atoms with Gasteiger partial charge in [0, 0.05) is 11.5 Å². The Balaban J connectivity index is 1.49. The fourth-order valence-corrected chi connectivity index (χ4v) is 5.22. The minimum absolute atomic E-state index is 0.107. The molecule has 0 saturated carbocycles. The van der Waals surface area contributed by atoms with Crippen molar-refractivity contribution in [1.29, 1.82) is 0 Å². The Morgan fingerprint density at radius 1 is 0.655 bits per heavy atom. The fourth-order valence-electron chi connectivity index (χ4n) is 5.22. The molecule has 0 spiro atoms. The molecule has 1 nitrogen and oxygen atoms in total. The second kappa shape index (κ2) is 5.48. The highest BCUT2D eigenvalue weighted by Crippen LogP contribution is 2.45. The van der Waals surface area contributed by atoms with Crippen LogP contribution in [0.25, 0.3) is 37.9 Å². The highest BCUT2D eigenvalue weighted by atomic mass is 16.5. The van der Waals surface area contributed by atoms with Gasteiger partial charge in [-0.25, -0.2) is 0 Å². The summed E-state index contributed by atoms with van der Waals surface area (Å²) < 4.78 is 6.14. The highest BCUT2D eigenvalue weighted by molar-refractivity contribution is 6.24. The molecule has 1 aliphatic heterocycles. The third kappa shape index (κ3) is 2.05. The quantitative estimate of drug-likeness (QED) is 0.286. The van der Waals surface area contributed by atoms with Crippen LogP contribution in [-0.2, 0) is 0 Å².